The van der Waals surface area contributed by atoms with E-state index in [1.165, 1.54) is 19.2 Å². The minimum absolute atomic E-state index is 0.0272. The fraction of sp³-hybridized carbons (Fsp3) is 0.400. The lowest BCUT2D eigenvalue weighted by Gasteiger charge is -2.05. The number of methoxy groups -OCH3 is 1. The summed E-state index contributed by atoms with van der Waals surface area (Å²) in [7, 11) is -2.18. The van der Waals surface area contributed by atoms with Gasteiger partial charge in [-0.3, -0.25) is 4.18 Å². The molecule has 90 valence electrons. The molecule has 0 unspecified atom stereocenters. The second-order valence-electron chi connectivity index (χ2n) is 2.90. The predicted molar refractivity (Wildman–Crippen MR) is 57.4 cm³/mol. The van der Waals surface area contributed by atoms with E-state index in [9.17, 15) is 8.42 Å². The second kappa shape index (κ2) is 6.59. The minimum atomic E-state index is -3.67. The maximum absolute atomic E-state index is 11.6. The molecule has 0 atom stereocenters. The highest BCUT2D eigenvalue weighted by molar-refractivity contribution is 7.86. The first-order valence-corrected chi connectivity index (χ1v) is 6.09. The zero-order valence-corrected chi connectivity index (χ0v) is 9.77. The first-order chi connectivity index (χ1) is 7.67. The third kappa shape index (κ3) is 4.28. The van der Waals surface area contributed by atoms with E-state index in [0.717, 1.165) is 0 Å². The lowest BCUT2D eigenvalue weighted by Crippen LogP contribution is -2.12. The van der Waals surface area contributed by atoms with Crippen molar-refractivity contribution in [2.24, 2.45) is 0 Å². The van der Waals surface area contributed by atoms with E-state index in [2.05, 4.69) is 4.74 Å². The van der Waals surface area contributed by atoms with Gasteiger partial charge in [-0.25, -0.2) is 0 Å². The summed E-state index contributed by atoms with van der Waals surface area (Å²) in [5.74, 6) is 0. The smallest absolute Gasteiger partial charge is 0.297 e. The highest BCUT2D eigenvalue weighted by Crippen LogP contribution is 2.10. The average molecular weight is 246 g/mol. The Kier molecular flexibility index (Phi) is 5.41. The Morgan fingerprint density at radius 3 is 2.44 bits per heavy atom. The van der Waals surface area contributed by atoms with Crippen molar-refractivity contribution in [2.45, 2.75) is 4.90 Å². The van der Waals surface area contributed by atoms with E-state index in [4.69, 9.17) is 8.92 Å². The molecule has 0 fully saturated rings. The maximum atomic E-state index is 11.6. The van der Waals surface area contributed by atoms with Crippen molar-refractivity contribution < 1.29 is 22.1 Å². The normalized spacial score (nSPS) is 11.6. The Hall–Kier alpha value is -0.950. The van der Waals surface area contributed by atoms with Crippen molar-refractivity contribution in [3.63, 3.8) is 0 Å². The summed E-state index contributed by atoms with van der Waals surface area (Å²) in [5, 5.41) is 0. The molecule has 1 aromatic rings. The van der Waals surface area contributed by atoms with Gasteiger partial charge in [-0.05, 0) is 12.1 Å². The van der Waals surface area contributed by atoms with Gasteiger partial charge in [0.15, 0.2) is 0 Å². The third-order valence-corrected chi connectivity index (χ3v) is 3.03. The maximum Gasteiger partial charge on any atom is 0.297 e. The molecule has 0 aliphatic carbocycles. The molecule has 0 saturated carbocycles. The van der Waals surface area contributed by atoms with Gasteiger partial charge >= 0.3 is 0 Å². The lowest BCUT2D eigenvalue weighted by molar-refractivity contribution is -0.0383. The van der Waals surface area contributed by atoms with Crippen molar-refractivity contribution in [3.05, 3.63) is 30.3 Å². The SMILES string of the molecule is COCOCCOS(=O)(=O)c1ccccc1. The van der Waals surface area contributed by atoms with Crippen LogP contribution in [-0.2, 0) is 23.8 Å². The summed E-state index contributed by atoms with van der Waals surface area (Å²) in [4.78, 5) is 0.141. The number of hydrogen-bond acceptors (Lipinski definition) is 5. The molecule has 0 amide bonds. The summed E-state index contributed by atoms with van der Waals surface area (Å²) in [6.07, 6.45) is 0. The van der Waals surface area contributed by atoms with E-state index in [1.807, 2.05) is 0 Å². The van der Waals surface area contributed by atoms with E-state index in [0.29, 0.717) is 0 Å². The van der Waals surface area contributed by atoms with Gasteiger partial charge in [-0.1, -0.05) is 18.2 Å². The summed E-state index contributed by atoms with van der Waals surface area (Å²) >= 11 is 0. The number of hydrogen-bond donors (Lipinski definition) is 0. The first-order valence-electron chi connectivity index (χ1n) is 4.68. The van der Waals surface area contributed by atoms with Gasteiger partial charge in [-0.2, -0.15) is 8.42 Å². The quantitative estimate of drug-likeness (QED) is 0.408. The molecule has 1 rings (SSSR count). The molecule has 6 heteroatoms. The van der Waals surface area contributed by atoms with Crippen LogP contribution in [0.15, 0.2) is 35.2 Å². The van der Waals surface area contributed by atoms with Crippen molar-refractivity contribution in [1.29, 1.82) is 0 Å². The van der Waals surface area contributed by atoms with Crippen LogP contribution in [0.25, 0.3) is 0 Å². The lowest BCUT2D eigenvalue weighted by atomic mass is 10.4. The molecule has 1 aromatic carbocycles. The standard InChI is InChI=1S/C10H14O5S/c1-13-9-14-7-8-15-16(11,12)10-5-3-2-4-6-10/h2-6H,7-9H2,1H3. The zero-order chi connectivity index (χ0) is 11.9. The predicted octanol–water partition coefficient (Wildman–Crippen LogP) is 1.01. The molecule has 0 heterocycles. The van der Waals surface area contributed by atoms with Crippen LogP contribution < -0.4 is 0 Å². The Balaban J connectivity index is 2.41. The van der Waals surface area contributed by atoms with Crippen LogP contribution in [0, 0.1) is 0 Å². The van der Waals surface area contributed by atoms with Gasteiger partial charge in [0.05, 0.1) is 18.1 Å². The van der Waals surface area contributed by atoms with Crippen LogP contribution in [0.2, 0.25) is 0 Å². The molecule has 0 bridgehead atoms. The molecule has 16 heavy (non-hydrogen) atoms. The Morgan fingerprint density at radius 1 is 1.12 bits per heavy atom. The molecule has 5 nitrogen and oxygen atoms in total. The van der Waals surface area contributed by atoms with Crippen molar-refractivity contribution in [2.75, 3.05) is 27.1 Å². The monoisotopic (exact) mass is 246 g/mol. The summed E-state index contributed by atoms with van der Waals surface area (Å²) < 4.78 is 37.4. The fourth-order valence-electron chi connectivity index (χ4n) is 1.00. The van der Waals surface area contributed by atoms with Crippen molar-refractivity contribution >= 4 is 10.1 Å². The zero-order valence-electron chi connectivity index (χ0n) is 8.96. The second-order valence-corrected chi connectivity index (χ2v) is 4.52. The Morgan fingerprint density at radius 2 is 1.81 bits per heavy atom. The number of rotatable bonds is 7. The Labute approximate surface area is 95.1 Å². The minimum Gasteiger partial charge on any atom is -0.359 e. The van der Waals surface area contributed by atoms with Crippen LogP contribution in [-0.4, -0.2) is 35.5 Å². The number of benzene rings is 1. The van der Waals surface area contributed by atoms with E-state index >= 15 is 0 Å². The van der Waals surface area contributed by atoms with Crippen LogP contribution in [0.4, 0.5) is 0 Å². The summed E-state index contributed by atoms with van der Waals surface area (Å²) in [5.41, 5.74) is 0. The van der Waals surface area contributed by atoms with Crippen LogP contribution >= 0.6 is 0 Å². The molecule has 0 aromatic heterocycles. The summed E-state index contributed by atoms with van der Waals surface area (Å²) in [6.45, 7) is 0.259. The molecule has 0 aliphatic heterocycles. The van der Waals surface area contributed by atoms with Crippen molar-refractivity contribution in [3.8, 4) is 0 Å². The highest BCUT2D eigenvalue weighted by Gasteiger charge is 2.13. The molecular weight excluding hydrogens is 232 g/mol. The van der Waals surface area contributed by atoms with Gasteiger partial charge in [0.1, 0.15) is 6.79 Å². The van der Waals surface area contributed by atoms with Crippen LogP contribution in [0.5, 0.6) is 0 Å². The van der Waals surface area contributed by atoms with Crippen LogP contribution in [0.1, 0.15) is 0 Å². The van der Waals surface area contributed by atoms with Gasteiger partial charge in [0, 0.05) is 7.11 Å². The first kappa shape index (κ1) is 13.1. The molecular formula is C10H14O5S. The van der Waals surface area contributed by atoms with E-state index < -0.39 is 10.1 Å². The highest BCUT2D eigenvalue weighted by atomic mass is 32.2. The number of ether oxygens (including phenoxy) is 2. The average Bonchev–Trinajstić information content (AvgIpc) is 2.30. The molecule has 0 radical (unpaired) electrons. The van der Waals surface area contributed by atoms with Gasteiger partial charge in [-0.15, -0.1) is 0 Å². The van der Waals surface area contributed by atoms with Crippen LogP contribution in [0.3, 0.4) is 0 Å². The van der Waals surface area contributed by atoms with E-state index in [1.54, 1.807) is 18.2 Å². The molecule has 0 aliphatic rings. The van der Waals surface area contributed by atoms with Gasteiger partial charge in [0.2, 0.25) is 0 Å². The summed E-state index contributed by atoms with van der Waals surface area (Å²) in [6, 6.07) is 7.97. The Bertz CT molecular complexity index is 387. The van der Waals surface area contributed by atoms with E-state index in [-0.39, 0.29) is 24.9 Å². The van der Waals surface area contributed by atoms with Gasteiger partial charge in [0.25, 0.3) is 10.1 Å². The largest absolute Gasteiger partial charge is 0.359 e. The molecule has 0 saturated heterocycles. The topological polar surface area (TPSA) is 61.8 Å². The van der Waals surface area contributed by atoms with Crippen molar-refractivity contribution in [1.82, 2.24) is 0 Å². The molecule has 0 spiro atoms. The van der Waals surface area contributed by atoms with Gasteiger partial charge < -0.3 is 9.47 Å². The third-order valence-electron chi connectivity index (χ3n) is 1.70. The molecule has 0 N–H and O–H groups in total. The fourth-order valence-corrected chi connectivity index (χ4v) is 1.91.